The highest BCUT2D eigenvalue weighted by Crippen LogP contribution is 2.41. The predicted octanol–water partition coefficient (Wildman–Crippen LogP) is 1.55. The molecule has 6 heteroatoms. The molecule has 0 aliphatic heterocycles. The molecule has 0 bridgehead atoms. The second-order valence-electron chi connectivity index (χ2n) is 5.57. The second-order valence-corrected chi connectivity index (χ2v) is 6.01. The van der Waals surface area contributed by atoms with Gasteiger partial charge < -0.3 is 15.9 Å². The van der Waals surface area contributed by atoms with Crippen molar-refractivity contribution in [3.63, 3.8) is 0 Å². The Morgan fingerprint density at radius 1 is 1.32 bits per heavy atom. The van der Waals surface area contributed by atoms with Gasteiger partial charge in [-0.05, 0) is 37.5 Å². The number of hydrogen-bond donors (Lipinski definition) is 3. The summed E-state index contributed by atoms with van der Waals surface area (Å²) < 4.78 is 0. The molecule has 1 amide bonds. The number of carboxylic acid groups (broad SMARTS) is 1. The topological polar surface area (TPSA) is 101 Å². The van der Waals surface area contributed by atoms with Crippen molar-refractivity contribution < 1.29 is 19.8 Å². The fourth-order valence-electron chi connectivity index (χ4n) is 2.72. The maximum absolute atomic E-state index is 11.6. The standard InChI is InChI=1S/C16H16ClNO4/c17-12-4-1-3-11(9-12)5-8-15(22)6-2-7-16(10-15,13(18)19)14(20)21/h1,3-4,9,22H,2,6-7,10H2,(H2,18,19)(H,20,21)/t15-,16+/m1/s1. The van der Waals surface area contributed by atoms with Gasteiger partial charge in [0.05, 0.1) is 0 Å². The van der Waals surface area contributed by atoms with Gasteiger partial charge in [-0.15, -0.1) is 0 Å². The van der Waals surface area contributed by atoms with Crippen molar-refractivity contribution in [3.05, 3.63) is 34.9 Å². The summed E-state index contributed by atoms with van der Waals surface area (Å²) in [6.07, 6.45) is 0.454. The Morgan fingerprint density at radius 3 is 2.64 bits per heavy atom. The number of benzene rings is 1. The van der Waals surface area contributed by atoms with E-state index < -0.39 is 22.9 Å². The molecule has 1 aromatic rings. The Hall–Kier alpha value is -2.03. The van der Waals surface area contributed by atoms with Crippen molar-refractivity contribution in [3.8, 4) is 11.8 Å². The quantitative estimate of drug-likeness (QED) is 0.568. The number of amides is 1. The summed E-state index contributed by atoms with van der Waals surface area (Å²) in [4.78, 5) is 23.0. The molecule has 22 heavy (non-hydrogen) atoms. The summed E-state index contributed by atoms with van der Waals surface area (Å²) in [5.41, 5.74) is 2.53. The number of aliphatic hydroxyl groups is 1. The van der Waals surface area contributed by atoms with Crippen molar-refractivity contribution in [2.24, 2.45) is 11.1 Å². The summed E-state index contributed by atoms with van der Waals surface area (Å²) in [5.74, 6) is 3.20. The first-order chi connectivity index (χ1) is 10.3. The normalized spacial score (nSPS) is 27.5. The van der Waals surface area contributed by atoms with Gasteiger partial charge in [-0.3, -0.25) is 9.59 Å². The zero-order valence-electron chi connectivity index (χ0n) is 11.8. The summed E-state index contributed by atoms with van der Waals surface area (Å²) in [7, 11) is 0. The average molecular weight is 322 g/mol. The number of hydrogen-bond acceptors (Lipinski definition) is 3. The molecule has 5 nitrogen and oxygen atoms in total. The molecular weight excluding hydrogens is 306 g/mol. The number of carbonyl (C=O) groups is 2. The molecule has 2 rings (SSSR count). The maximum Gasteiger partial charge on any atom is 0.319 e. The lowest BCUT2D eigenvalue weighted by Crippen LogP contribution is -2.52. The SMILES string of the molecule is NC(=O)[C@]1(C(=O)O)CCC[C@@](O)(C#Cc2cccc(Cl)c2)C1. The van der Waals surface area contributed by atoms with Crippen LogP contribution in [-0.4, -0.2) is 27.7 Å². The van der Waals surface area contributed by atoms with Crippen LogP contribution < -0.4 is 5.73 Å². The molecule has 0 heterocycles. The Labute approximate surface area is 133 Å². The molecule has 1 saturated carbocycles. The van der Waals surface area contributed by atoms with Crippen LogP contribution in [0.15, 0.2) is 24.3 Å². The first-order valence-electron chi connectivity index (χ1n) is 6.82. The minimum Gasteiger partial charge on any atom is -0.480 e. The van der Waals surface area contributed by atoms with E-state index in [0.29, 0.717) is 23.4 Å². The largest absolute Gasteiger partial charge is 0.480 e. The molecule has 4 N–H and O–H groups in total. The Kier molecular flexibility index (Phi) is 4.45. The number of primary amides is 1. The van der Waals surface area contributed by atoms with Crippen molar-refractivity contribution >= 4 is 23.5 Å². The number of halogens is 1. The third-order valence-corrected chi connectivity index (χ3v) is 4.17. The predicted molar refractivity (Wildman–Crippen MR) is 81.0 cm³/mol. The van der Waals surface area contributed by atoms with Crippen molar-refractivity contribution in [1.82, 2.24) is 0 Å². The third kappa shape index (κ3) is 3.24. The van der Waals surface area contributed by atoms with E-state index in [0.717, 1.165) is 0 Å². The van der Waals surface area contributed by atoms with Gasteiger partial charge in [0, 0.05) is 17.0 Å². The molecule has 116 valence electrons. The van der Waals surface area contributed by atoms with Crippen LogP contribution >= 0.6 is 11.6 Å². The lowest BCUT2D eigenvalue weighted by Gasteiger charge is -2.38. The zero-order chi connectivity index (χ0) is 16.4. The number of aliphatic carboxylic acids is 1. The summed E-state index contributed by atoms with van der Waals surface area (Å²) >= 11 is 5.86. The lowest BCUT2D eigenvalue weighted by molar-refractivity contribution is -0.161. The van der Waals surface area contributed by atoms with E-state index in [-0.39, 0.29) is 12.8 Å². The first kappa shape index (κ1) is 16.3. The van der Waals surface area contributed by atoms with E-state index >= 15 is 0 Å². The van der Waals surface area contributed by atoms with Crippen LogP contribution in [0.2, 0.25) is 5.02 Å². The molecule has 0 radical (unpaired) electrons. The van der Waals surface area contributed by atoms with Crippen molar-refractivity contribution in [2.45, 2.75) is 31.3 Å². The zero-order valence-corrected chi connectivity index (χ0v) is 12.6. The molecule has 0 unspecified atom stereocenters. The van der Waals surface area contributed by atoms with Crippen LogP contribution in [0.3, 0.4) is 0 Å². The molecule has 1 aliphatic rings. The lowest BCUT2D eigenvalue weighted by atomic mass is 9.67. The molecule has 0 saturated heterocycles. The van der Waals surface area contributed by atoms with Crippen LogP contribution in [0.25, 0.3) is 0 Å². The van der Waals surface area contributed by atoms with Gasteiger partial charge in [0.15, 0.2) is 0 Å². The highest BCUT2D eigenvalue weighted by Gasteiger charge is 2.52. The average Bonchev–Trinajstić information content (AvgIpc) is 2.45. The van der Waals surface area contributed by atoms with Gasteiger partial charge in [-0.25, -0.2) is 0 Å². The van der Waals surface area contributed by atoms with Gasteiger partial charge >= 0.3 is 5.97 Å². The van der Waals surface area contributed by atoms with Crippen LogP contribution in [0.5, 0.6) is 0 Å². The van der Waals surface area contributed by atoms with E-state index in [1.807, 2.05) is 0 Å². The molecule has 1 aliphatic carbocycles. The van der Waals surface area contributed by atoms with Gasteiger partial charge in [-0.1, -0.05) is 29.5 Å². The fourth-order valence-corrected chi connectivity index (χ4v) is 2.91. The van der Waals surface area contributed by atoms with Crippen molar-refractivity contribution in [1.29, 1.82) is 0 Å². The Balaban J connectivity index is 2.31. The number of carbonyl (C=O) groups excluding carboxylic acids is 1. The second kappa shape index (κ2) is 5.99. The molecule has 2 atom stereocenters. The summed E-state index contributed by atoms with van der Waals surface area (Å²) in [5, 5.41) is 20.4. The van der Waals surface area contributed by atoms with Crippen LogP contribution in [-0.2, 0) is 9.59 Å². The maximum atomic E-state index is 11.6. The number of rotatable bonds is 2. The van der Waals surface area contributed by atoms with E-state index in [1.165, 1.54) is 0 Å². The monoisotopic (exact) mass is 321 g/mol. The van der Waals surface area contributed by atoms with Crippen LogP contribution in [0.1, 0.15) is 31.2 Å². The Morgan fingerprint density at radius 2 is 2.05 bits per heavy atom. The molecule has 0 aromatic heterocycles. The number of carboxylic acids is 1. The van der Waals surface area contributed by atoms with E-state index in [1.54, 1.807) is 24.3 Å². The molecular formula is C16H16ClNO4. The van der Waals surface area contributed by atoms with E-state index in [2.05, 4.69) is 11.8 Å². The minimum absolute atomic E-state index is 0.110. The minimum atomic E-state index is -1.77. The van der Waals surface area contributed by atoms with Gasteiger partial charge in [0.2, 0.25) is 5.91 Å². The highest BCUT2D eigenvalue weighted by atomic mass is 35.5. The third-order valence-electron chi connectivity index (χ3n) is 3.93. The van der Waals surface area contributed by atoms with Gasteiger partial charge in [0.25, 0.3) is 0 Å². The molecule has 0 spiro atoms. The Bertz CT molecular complexity index is 662. The van der Waals surface area contributed by atoms with E-state index in [9.17, 15) is 19.8 Å². The van der Waals surface area contributed by atoms with Gasteiger partial charge in [-0.2, -0.15) is 0 Å². The van der Waals surface area contributed by atoms with E-state index in [4.69, 9.17) is 17.3 Å². The summed E-state index contributed by atoms with van der Waals surface area (Å²) in [6, 6.07) is 6.79. The van der Waals surface area contributed by atoms with Crippen molar-refractivity contribution in [2.75, 3.05) is 0 Å². The number of nitrogens with two attached hydrogens (primary N) is 1. The fraction of sp³-hybridized carbons (Fsp3) is 0.375. The first-order valence-corrected chi connectivity index (χ1v) is 7.20. The highest BCUT2D eigenvalue weighted by molar-refractivity contribution is 6.30. The molecule has 1 fully saturated rings. The molecule has 1 aromatic carbocycles. The van der Waals surface area contributed by atoms with Gasteiger partial charge in [0.1, 0.15) is 11.0 Å². The van der Waals surface area contributed by atoms with Crippen LogP contribution in [0, 0.1) is 17.3 Å². The summed E-state index contributed by atoms with van der Waals surface area (Å²) in [6.45, 7) is 0. The smallest absolute Gasteiger partial charge is 0.319 e. The van der Waals surface area contributed by atoms with Crippen LogP contribution in [0.4, 0.5) is 0 Å².